The predicted molar refractivity (Wildman–Crippen MR) is 118 cm³/mol. The summed E-state index contributed by atoms with van der Waals surface area (Å²) in [6, 6.07) is 22.5. The fourth-order valence-corrected chi connectivity index (χ4v) is 3.05. The molecule has 0 aliphatic carbocycles. The van der Waals surface area contributed by atoms with E-state index in [4.69, 9.17) is 0 Å². The number of hydrogen-bond acceptors (Lipinski definition) is 4. The van der Waals surface area contributed by atoms with E-state index >= 15 is 0 Å². The van der Waals surface area contributed by atoms with E-state index in [0.717, 1.165) is 11.3 Å². The summed E-state index contributed by atoms with van der Waals surface area (Å²) in [7, 11) is 0. The highest BCUT2D eigenvalue weighted by Gasteiger charge is 2.17. The minimum atomic E-state index is -0.411. The molecule has 2 heterocycles. The average Bonchev–Trinajstić information content (AvgIpc) is 3.42. The molecular formula is C23H22N6O2. The second kappa shape index (κ2) is 9.08. The molecule has 4 aromatic rings. The van der Waals surface area contributed by atoms with Crippen LogP contribution in [0.15, 0.2) is 79.0 Å². The normalized spacial score (nSPS) is 10.6. The average molecular weight is 414 g/mol. The smallest absolute Gasteiger partial charge is 0.277 e. The molecule has 0 bridgehead atoms. The summed E-state index contributed by atoms with van der Waals surface area (Å²) in [6.07, 6.45) is 2.12. The van der Waals surface area contributed by atoms with E-state index in [-0.39, 0.29) is 11.6 Å². The minimum Gasteiger partial charge on any atom is -0.311 e. The number of rotatable bonds is 7. The molecule has 0 atom stereocenters. The lowest BCUT2D eigenvalue weighted by molar-refractivity contribution is -0.115. The van der Waals surface area contributed by atoms with Crippen LogP contribution in [0, 0.1) is 0 Å². The van der Waals surface area contributed by atoms with Crippen molar-refractivity contribution in [3.63, 3.8) is 0 Å². The number of anilines is 2. The van der Waals surface area contributed by atoms with Crippen molar-refractivity contribution in [2.75, 3.05) is 10.6 Å². The summed E-state index contributed by atoms with van der Waals surface area (Å²) >= 11 is 0. The Kier molecular flexibility index (Phi) is 5.89. The second-order valence-corrected chi connectivity index (χ2v) is 6.90. The van der Waals surface area contributed by atoms with Crippen LogP contribution in [0.5, 0.6) is 0 Å². The molecule has 156 valence electrons. The molecule has 0 radical (unpaired) electrons. The number of nitrogens with zero attached hydrogens (tertiary/aromatic N) is 4. The van der Waals surface area contributed by atoms with Crippen molar-refractivity contribution in [1.82, 2.24) is 19.6 Å². The molecular weight excluding hydrogens is 392 g/mol. The minimum absolute atomic E-state index is 0.163. The predicted octanol–water partition coefficient (Wildman–Crippen LogP) is 3.72. The van der Waals surface area contributed by atoms with Crippen molar-refractivity contribution in [2.24, 2.45) is 0 Å². The molecule has 8 heteroatoms. The van der Waals surface area contributed by atoms with Crippen LogP contribution in [-0.2, 0) is 11.3 Å². The van der Waals surface area contributed by atoms with E-state index in [9.17, 15) is 9.59 Å². The Bertz CT molecular complexity index is 1180. The first-order chi connectivity index (χ1) is 15.1. The molecule has 0 spiro atoms. The molecule has 0 saturated carbocycles. The van der Waals surface area contributed by atoms with Gasteiger partial charge in [0.2, 0.25) is 5.91 Å². The number of nitrogens with one attached hydrogen (secondary N) is 2. The molecule has 2 aromatic heterocycles. The maximum absolute atomic E-state index is 12.8. The number of carbonyl (C=O) groups excluding carboxylic acids is 2. The molecule has 0 aliphatic heterocycles. The highest BCUT2D eigenvalue weighted by Crippen LogP contribution is 2.18. The molecule has 2 aromatic carbocycles. The van der Waals surface area contributed by atoms with Gasteiger partial charge in [-0.05, 0) is 17.7 Å². The van der Waals surface area contributed by atoms with Crippen molar-refractivity contribution < 1.29 is 9.59 Å². The van der Waals surface area contributed by atoms with Gasteiger partial charge in [-0.15, -0.1) is 0 Å². The highest BCUT2D eigenvalue weighted by atomic mass is 16.2. The number of carbonyl (C=O) groups is 2. The molecule has 31 heavy (non-hydrogen) atoms. The number of para-hydroxylation sites is 1. The van der Waals surface area contributed by atoms with Gasteiger partial charge in [-0.3, -0.25) is 14.3 Å². The molecule has 0 fully saturated rings. The SMILES string of the molecule is CCC(=O)Nc1cc(C(=O)Nc2ccn(Cc3ccccc3)n2)nn1-c1ccccc1. The standard InChI is InChI=1S/C23H22N6O2/c1-2-22(30)25-21-15-19(26-29(21)18-11-7-4-8-12-18)23(31)24-20-13-14-28(27-20)16-17-9-5-3-6-10-17/h3-15H,2,16H2,1H3,(H,25,30)(H,24,27,31). The lowest BCUT2D eigenvalue weighted by Gasteiger charge is -2.07. The van der Waals surface area contributed by atoms with Gasteiger partial charge >= 0.3 is 0 Å². The molecule has 2 amide bonds. The van der Waals surface area contributed by atoms with Crippen LogP contribution in [0.3, 0.4) is 0 Å². The number of aromatic nitrogens is 4. The van der Waals surface area contributed by atoms with E-state index in [1.54, 1.807) is 29.9 Å². The van der Waals surface area contributed by atoms with E-state index in [0.29, 0.717) is 24.6 Å². The maximum atomic E-state index is 12.8. The molecule has 8 nitrogen and oxygen atoms in total. The van der Waals surface area contributed by atoms with Crippen LogP contribution in [0.1, 0.15) is 29.4 Å². The number of amides is 2. The third-order valence-corrected chi connectivity index (χ3v) is 4.60. The van der Waals surface area contributed by atoms with E-state index in [1.807, 2.05) is 60.7 Å². The van der Waals surface area contributed by atoms with Crippen LogP contribution in [0.2, 0.25) is 0 Å². The molecule has 4 rings (SSSR count). The van der Waals surface area contributed by atoms with Crippen LogP contribution < -0.4 is 10.6 Å². The summed E-state index contributed by atoms with van der Waals surface area (Å²) in [5.41, 5.74) is 2.02. The summed E-state index contributed by atoms with van der Waals surface area (Å²) in [4.78, 5) is 24.7. The molecule has 0 saturated heterocycles. The third-order valence-electron chi connectivity index (χ3n) is 4.60. The van der Waals surface area contributed by atoms with Gasteiger partial charge in [0.1, 0.15) is 5.82 Å². The lowest BCUT2D eigenvalue weighted by Crippen LogP contribution is -2.14. The summed E-state index contributed by atoms with van der Waals surface area (Å²) in [5, 5.41) is 14.3. The van der Waals surface area contributed by atoms with Gasteiger partial charge in [0.25, 0.3) is 5.91 Å². The van der Waals surface area contributed by atoms with Gasteiger partial charge in [0.05, 0.1) is 12.2 Å². The number of hydrogen-bond donors (Lipinski definition) is 2. The lowest BCUT2D eigenvalue weighted by atomic mass is 10.2. The monoisotopic (exact) mass is 414 g/mol. The second-order valence-electron chi connectivity index (χ2n) is 6.90. The Morgan fingerprint density at radius 1 is 0.903 bits per heavy atom. The van der Waals surface area contributed by atoms with E-state index < -0.39 is 5.91 Å². The van der Waals surface area contributed by atoms with Crippen molar-refractivity contribution in [1.29, 1.82) is 0 Å². The fourth-order valence-electron chi connectivity index (χ4n) is 3.05. The quantitative estimate of drug-likeness (QED) is 0.482. The van der Waals surface area contributed by atoms with Gasteiger partial charge in [0.15, 0.2) is 11.5 Å². The number of benzene rings is 2. The molecule has 0 unspecified atom stereocenters. The van der Waals surface area contributed by atoms with Gasteiger partial charge < -0.3 is 10.6 Å². The van der Waals surface area contributed by atoms with Crippen molar-refractivity contribution >= 4 is 23.5 Å². The van der Waals surface area contributed by atoms with Crippen molar-refractivity contribution in [2.45, 2.75) is 19.9 Å². The van der Waals surface area contributed by atoms with Gasteiger partial charge in [-0.2, -0.15) is 10.2 Å². The van der Waals surface area contributed by atoms with Crippen LogP contribution in [0.4, 0.5) is 11.6 Å². The van der Waals surface area contributed by atoms with Crippen molar-refractivity contribution in [3.05, 3.63) is 90.3 Å². The fraction of sp³-hybridized carbons (Fsp3) is 0.130. The highest BCUT2D eigenvalue weighted by molar-refractivity contribution is 6.03. The zero-order valence-corrected chi connectivity index (χ0v) is 17.0. The Labute approximate surface area is 179 Å². The van der Waals surface area contributed by atoms with Gasteiger partial charge in [-0.25, -0.2) is 4.68 Å². The summed E-state index contributed by atoms with van der Waals surface area (Å²) in [6.45, 7) is 2.37. The topological polar surface area (TPSA) is 93.8 Å². The first-order valence-electron chi connectivity index (χ1n) is 9.96. The third kappa shape index (κ3) is 4.87. The zero-order valence-electron chi connectivity index (χ0n) is 17.0. The Balaban J connectivity index is 1.52. The Morgan fingerprint density at radius 2 is 1.61 bits per heavy atom. The van der Waals surface area contributed by atoms with Crippen LogP contribution in [0.25, 0.3) is 5.69 Å². The first kappa shape index (κ1) is 20.1. The Morgan fingerprint density at radius 3 is 2.32 bits per heavy atom. The van der Waals surface area contributed by atoms with E-state index in [1.165, 1.54) is 4.68 Å². The van der Waals surface area contributed by atoms with Crippen LogP contribution in [-0.4, -0.2) is 31.4 Å². The zero-order chi connectivity index (χ0) is 21.6. The Hall–Kier alpha value is -4.20. The van der Waals surface area contributed by atoms with Gasteiger partial charge in [-0.1, -0.05) is 55.5 Å². The summed E-state index contributed by atoms with van der Waals surface area (Å²) < 4.78 is 3.29. The maximum Gasteiger partial charge on any atom is 0.277 e. The van der Waals surface area contributed by atoms with Crippen molar-refractivity contribution in [3.8, 4) is 5.69 Å². The van der Waals surface area contributed by atoms with Gasteiger partial charge in [0, 0.05) is 24.8 Å². The van der Waals surface area contributed by atoms with E-state index in [2.05, 4.69) is 20.8 Å². The largest absolute Gasteiger partial charge is 0.311 e. The molecule has 0 aliphatic rings. The van der Waals surface area contributed by atoms with Crippen LogP contribution >= 0.6 is 0 Å². The summed E-state index contributed by atoms with van der Waals surface area (Å²) in [5.74, 6) is 0.280. The first-order valence-corrected chi connectivity index (χ1v) is 9.96. The molecule has 2 N–H and O–H groups in total.